The highest BCUT2D eigenvalue weighted by Crippen LogP contribution is 2.43. The lowest BCUT2D eigenvalue weighted by atomic mass is 10.0. The summed E-state index contributed by atoms with van der Waals surface area (Å²) >= 11 is 0. The van der Waals surface area contributed by atoms with Gasteiger partial charge in [-0.15, -0.1) is 0 Å². The van der Waals surface area contributed by atoms with Gasteiger partial charge in [0.05, 0.1) is 39.9 Å². The number of nitrogens with zero attached hydrogens (tertiary/aromatic N) is 1. The van der Waals surface area contributed by atoms with Crippen molar-refractivity contribution in [2.24, 2.45) is 0 Å². The number of phosphoric ester groups is 1. The zero-order valence-corrected chi connectivity index (χ0v) is 44.2. The molecule has 3 unspecified atom stereocenters. The first kappa shape index (κ1) is 63.0. The topological polar surface area (TPSA) is 105 Å². The van der Waals surface area contributed by atoms with E-state index < -0.39 is 20.0 Å². The summed E-state index contributed by atoms with van der Waals surface area (Å²) in [6.45, 7) is 4.91. The van der Waals surface area contributed by atoms with Crippen LogP contribution in [0.15, 0.2) is 24.3 Å². The van der Waals surface area contributed by atoms with Crippen LogP contribution in [-0.2, 0) is 18.4 Å². The number of carbonyl (C=O) groups is 1. The van der Waals surface area contributed by atoms with Crippen LogP contribution in [0.1, 0.15) is 271 Å². The molecule has 0 rings (SSSR count). The summed E-state index contributed by atoms with van der Waals surface area (Å²) in [5.74, 6) is -0.145. The van der Waals surface area contributed by atoms with Crippen molar-refractivity contribution in [1.29, 1.82) is 0 Å². The minimum absolute atomic E-state index is 0.0749. The normalized spacial score (nSPS) is 14.2. The number of aliphatic hydroxyl groups is 1. The molecule has 380 valence electrons. The van der Waals surface area contributed by atoms with Crippen LogP contribution < -0.4 is 5.32 Å². The van der Waals surface area contributed by atoms with Crippen molar-refractivity contribution in [2.75, 3.05) is 40.9 Å². The fraction of sp³-hybridized carbons (Fsp3) is 0.909. The van der Waals surface area contributed by atoms with Crippen LogP contribution in [0.4, 0.5) is 0 Å². The number of rotatable bonds is 51. The Hall–Kier alpha value is -1.02. The molecular formula is C55H110N2O6P+. The van der Waals surface area contributed by atoms with E-state index in [0.29, 0.717) is 23.9 Å². The molecule has 0 radical (unpaired) electrons. The van der Waals surface area contributed by atoms with E-state index in [1.54, 1.807) is 0 Å². The number of hydrogen-bond acceptors (Lipinski definition) is 5. The Morgan fingerprint density at radius 2 is 0.891 bits per heavy atom. The van der Waals surface area contributed by atoms with E-state index in [-0.39, 0.29) is 19.1 Å². The van der Waals surface area contributed by atoms with Crippen LogP contribution in [-0.4, -0.2) is 73.4 Å². The van der Waals surface area contributed by atoms with E-state index in [9.17, 15) is 19.4 Å². The molecule has 0 aliphatic rings. The standard InChI is InChI=1S/C55H109N2O6P/c1-6-8-10-12-14-16-18-20-22-24-26-28-30-32-34-36-38-40-42-44-46-48-54(58)53(52-63-64(60,61)62-51-50-57(3,4)5)56-55(59)49-47-45-43-41-39-37-35-33-31-29-27-25-23-21-19-17-15-13-11-9-7-2/h19,21,25,27,53-54,58H,6-18,20,22-24,26,28-52H2,1-5H3,(H-,56,59,60,61)/p+1/b21-19-,27-25-. The van der Waals surface area contributed by atoms with Crippen molar-refractivity contribution in [3.63, 3.8) is 0 Å². The molecule has 0 fully saturated rings. The van der Waals surface area contributed by atoms with Crippen molar-refractivity contribution in [2.45, 2.75) is 283 Å². The molecule has 0 aromatic carbocycles. The van der Waals surface area contributed by atoms with Gasteiger partial charge in [0, 0.05) is 6.42 Å². The number of quaternary nitrogens is 1. The van der Waals surface area contributed by atoms with E-state index in [2.05, 4.69) is 43.5 Å². The summed E-state index contributed by atoms with van der Waals surface area (Å²) in [5.41, 5.74) is 0. The van der Waals surface area contributed by atoms with Gasteiger partial charge in [-0.25, -0.2) is 4.57 Å². The van der Waals surface area contributed by atoms with E-state index in [1.807, 2.05) is 21.1 Å². The number of unbranched alkanes of at least 4 members (excludes halogenated alkanes) is 34. The molecule has 0 spiro atoms. The molecule has 9 heteroatoms. The highest BCUT2D eigenvalue weighted by atomic mass is 31.2. The third-order valence-electron chi connectivity index (χ3n) is 12.7. The molecule has 0 aromatic heterocycles. The van der Waals surface area contributed by atoms with Crippen molar-refractivity contribution in [1.82, 2.24) is 5.32 Å². The molecule has 8 nitrogen and oxygen atoms in total. The molecule has 0 aliphatic heterocycles. The molecule has 3 atom stereocenters. The van der Waals surface area contributed by atoms with Gasteiger partial charge in [-0.05, 0) is 44.9 Å². The lowest BCUT2D eigenvalue weighted by Crippen LogP contribution is -2.46. The smallest absolute Gasteiger partial charge is 0.391 e. The van der Waals surface area contributed by atoms with Crippen molar-refractivity contribution in [3.05, 3.63) is 24.3 Å². The van der Waals surface area contributed by atoms with Gasteiger partial charge < -0.3 is 19.8 Å². The maximum Gasteiger partial charge on any atom is 0.472 e. The summed E-state index contributed by atoms with van der Waals surface area (Å²) in [5, 5.41) is 14.1. The third kappa shape index (κ3) is 48.9. The second kappa shape index (κ2) is 47.1. The summed E-state index contributed by atoms with van der Waals surface area (Å²) in [7, 11) is 1.62. The summed E-state index contributed by atoms with van der Waals surface area (Å²) < 4.78 is 23.8. The number of hydrogen-bond donors (Lipinski definition) is 3. The quantitative estimate of drug-likeness (QED) is 0.0243. The lowest BCUT2D eigenvalue weighted by molar-refractivity contribution is -0.870. The summed E-state index contributed by atoms with van der Waals surface area (Å²) in [6.07, 6.45) is 57.9. The Morgan fingerprint density at radius 1 is 0.531 bits per heavy atom. The fourth-order valence-electron chi connectivity index (χ4n) is 8.31. The van der Waals surface area contributed by atoms with Gasteiger partial charge in [-0.2, -0.15) is 0 Å². The summed E-state index contributed by atoms with van der Waals surface area (Å²) in [6, 6.07) is -0.762. The number of amides is 1. The Kier molecular flexibility index (Phi) is 46.3. The number of aliphatic hydroxyl groups excluding tert-OH is 1. The van der Waals surface area contributed by atoms with Gasteiger partial charge >= 0.3 is 7.82 Å². The third-order valence-corrected chi connectivity index (χ3v) is 13.7. The SMILES string of the molecule is CCCCCCC/C=C\C/C=C\CCCCCCCCCCCC(=O)NC(COP(=O)(O)OCC[N+](C)(C)C)C(O)CCCCCCCCCCCCCCCCCCCCCCC. The van der Waals surface area contributed by atoms with Crippen LogP contribution in [0.25, 0.3) is 0 Å². The molecular weight excluding hydrogens is 816 g/mol. The van der Waals surface area contributed by atoms with Gasteiger partial charge in [-0.3, -0.25) is 13.8 Å². The van der Waals surface area contributed by atoms with E-state index in [4.69, 9.17) is 9.05 Å². The molecule has 0 aliphatic carbocycles. The Morgan fingerprint density at radius 3 is 1.28 bits per heavy atom. The average molecular weight is 926 g/mol. The van der Waals surface area contributed by atoms with Crippen molar-refractivity contribution >= 4 is 13.7 Å². The van der Waals surface area contributed by atoms with Gasteiger partial charge in [0.1, 0.15) is 13.2 Å². The summed E-state index contributed by atoms with van der Waals surface area (Å²) in [4.78, 5) is 23.3. The molecule has 3 N–H and O–H groups in total. The number of allylic oxidation sites excluding steroid dienone is 4. The second-order valence-corrected chi connectivity index (χ2v) is 21.8. The fourth-order valence-corrected chi connectivity index (χ4v) is 9.05. The van der Waals surface area contributed by atoms with E-state index in [1.165, 1.54) is 199 Å². The van der Waals surface area contributed by atoms with Gasteiger partial charge in [0.15, 0.2) is 0 Å². The maximum absolute atomic E-state index is 13.0. The minimum Gasteiger partial charge on any atom is -0.391 e. The lowest BCUT2D eigenvalue weighted by Gasteiger charge is -2.26. The van der Waals surface area contributed by atoms with E-state index in [0.717, 1.165) is 44.9 Å². The highest BCUT2D eigenvalue weighted by Gasteiger charge is 2.28. The number of likely N-dealkylation sites (N-methyl/N-ethyl adjacent to an activating group) is 1. The number of carbonyl (C=O) groups excluding carboxylic acids is 1. The predicted molar refractivity (Wildman–Crippen MR) is 277 cm³/mol. The zero-order valence-electron chi connectivity index (χ0n) is 43.3. The number of phosphoric acid groups is 1. The largest absolute Gasteiger partial charge is 0.472 e. The minimum atomic E-state index is -4.32. The monoisotopic (exact) mass is 926 g/mol. The Bertz CT molecular complexity index is 1090. The second-order valence-electron chi connectivity index (χ2n) is 20.3. The molecule has 0 aromatic rings. The molecule has 1 amide bonds. The first-order chi connectivity index (χ1) is 31.0. The molecule has 0 bridgehead atoms. The molecule has 0 heterocycles. The van der Waals surface area contributed by atoms with Crippen LogP contribution >= 0.6 is 7.82 Å². The maximum atomic E-state index is 13.0. The Labute approximate surface area is 398 Å². The molecule has 0 saturated carbocycles. The zero-order chi connectivity index (χ0) is 47.1. The van der Waals surface area contributed by atoms with Gasteiger partial charge in [0.25, 0.3) is 0 Å². The average Bonchev–Trinajstić information content (AvgIpc) is 3.25. The first-order valence-corrected chi connectivity index (χ1v) is 29.2. The highest BCUT2D eigenvalue weighted by molar-refractivity contribution is 7.47. The van der Waals surface area contributed by atoms with Crippen molar-refractivity contribution < 1.29 is 32.9 Å². The Balaban J connectivity index is 4.21. The van der Waals surface area contributed by atoms with Crippen molar-refractivity contribution in [3.8, 4) is 0 Å². The van der Waals surface area contributed by atoms with Crippen LogP contribution in [0.2, 0.25) is 0 Å². The van der Waals surface area contributed by atoms with Gasteiger partial charge in [0.2, 0.25) is 5.91 Å². The van der Waals surface area contributed by atoms with Crippen LogP contribution in [0.3, 0.4) is 0 Å². The first-order valence-electron chi connectivity index (χ1n) is 27.7. The van der Waals surface area contributed by atoms with E-state index >= 15 is 0 Å². The van der Waals surface area contributed by atoms with Crippen LogP contribution in [0.5, 0.6) is 0 Å². The molecule has 0 saturated heterocycles. The van der Waals surface area contributed by atoms with Gasteiger partial charge in [-0.1, -0.05) is 244 Å². The number of nitrogens with one attached hydrogen (secondary N) is 1. The van der Waals surface area contributed by atoms with Crippen LogP contribution in [0, 0.1) is 0 Å². The molecule has 64 heavy (non-hydrogen) atoms. The predicted octanol–water partition coefficient (Wildman–Crippen LogP) is 16.4.